The molecule has 0 saturated carbocycles. The van der Waals surface area contributed by atoms with Crippen molar-refractivity contribution in [1.29, 1.82) is 0 Å². The third kappa shape index (κ3) is 8.59. The van der Waals surface area contributed by atoms with E-state index in [2.05, 4.69) is 4.99 Å². The summed E-state index contributed by atoms with van der Waals surface area (Å²) in [6.07, 6.45) is 2.76. The first-order valence-electron chi connectivity index (χ1n) is 8.96. The van der Waals surface area contributed by atoms with Gasteiger partial charge in [0.25, 0.3) is 0 Å². The number of esters is 1. The third-order valence-electron chi connectivity index (χ3n) is 3.60. The van der Waals surface area contributed by atoms with Crippen LogP contribution in [0.3, 0.4) is 0 Å². The van der Waals surface area contributed by atoms with E-state index in [1.807, 2.05) is 67.6 Å². The monoisotopic (exact) mass is 371 g/mol. The fourth-order valence-electron chi connectivity index (χ4n) is 2.20. The molecule has 0 fully saturated rings. The van der Waals surface area contributed by atoms with E-state index in [0.29, 0.717) is 6.42 Å². The fourth-order valence-corrected chi connectivity index (χ4v) is 2.20. The second kappa shape index (κ2) is 12.8. The molecule has 0 heterocycles. The molecular formula is C21H25NO5. The summed E-state index contributed by atoms with van der Waals surface area (Å²) in [6.45, 7) is 2.60. The molecule has 0 aliphatic carbocycles. The average molecular weight is 371 g/mol. The van der Waals surface area contributed by atoms with Gasteiger partial charge in [0, 0.05) is 6.42 Å². The van der Waals surface area contributed by atoms with Gasteiger partial charge >= 0.3 is 5.97 Å². The molecule has 6 nitrogen and oxygen atoms in total. The predicted molar refractivity (Wildman–Crippen MR) is 102 cm³/mol. The molecule has 2 aromatic rings. The van der Waals surface area contributed by atoms with Gasteiger partial charge in [-0.1, -0.05) is 72.6 Å². The Labute approximate surface area is 159 Å². The van der Waals surface area contributed by atoms with Crippen LogP contribution in [0.25, 0.3) is 0 Å². The van der Waals surface area contributed by atoms with E-state index in [0.717, 1.165) is 17.5 Å². The first kappa shape index (κ1) is 20.8. The topological polar surface area (TPSA) is 66.3 Å². The lowest BCUT2D eigenvalue weighted by atomic mass is 10.2. The van der Waals surface area contributed by atoms with Crippen molar-refractivity contribution in [2.75, 3.05) is 6.61 Å². The van der Waals surface area contributed by atoms with Gasteiger partial charge in [0.2, 0.25) is 0 Å². The summed E-state index contributed by atoms with van der Waals surface area (Å²) in [4.78, 5) is 26.5. The molecule has 0 aliphatic rings. The van der Waals surface area contributed by atoms with Crippen LogP contribution in [0.4, 0.5) is 0 Å². The number of aliphatic imine (C=N–C) groups is 1. The summed E-state index contributed by atoms with van der Waals surface area (Å²) in [5.74, 6) is -0.391. The van der Waals surface area contributed by atoms with Gasteiger partial charge in [-0.2, -0.15) is 0 Å². The Balaban J connectivity index is 1.68. The Morgan fingerprint density at radius 3 is 2.22 bits per heavy atom. The molecule has 0 N–H and O–H groups in total. The van der Waals surface area contributed by atoms with Crippen molar-refractivity contribution >= 4 is 12.2 Å². The Hall–Kier alpha value is -2.54. The number of carbonyl (C=O) groups excluding carboxylic acids is 1. The van der Waals surface area contributed by atoms with Gasteiger partial charge in [-0.3, -0.25) is 4.99 Å². The van der Waals surface area contributed by atoms with Crippen molar-refractivity contribution in [3.8, 4) is 0 Å². The zero-order chi connectivity index (χ0) is 19.2. The number of nitrogens with zero attached hydrogens (tertiary/aromatic N) is 1. The van der Waals surface area contributed by atoms with Crippen LogP contribution in [0.2, 0.25) is 0 Å². The fraction of sp³-hybridized carbons (Fsp3) is 0.333. The minimum Gasteiger partial charge on any atom is -0.459 e. The summed E-state index contributed by atoms with van der Waals surface area (Å²) >= 11 is 0. The van der Waals surface area contributed by atoms with Crippen LogP contribution in [0, 0.1) is 0 Å². The quantitative estimate of drug-likeness (QED) is 0.185. The summed E-state index contributed by atoms with van der Waals surface area (Å²) in [7, 11) is 0. The maximum absolute atomic E-state index is 12.3. The van der Waals surface area contributed by atoms with Gasteiger partial charge in [0.15, 0.2) is 0 Å². The highest BCUT2D eigenvalue weighted by molar-refractivity contribution is 5.78. The maximum atomic E-state index is 12.3. The van der Waals surface area contributed by atoms with Crippen molar-refractivity contribution in [2.45, 2.75) is 39.0 Å². The van der Waals surface area contributed by atoms with Crippen LogP contribution in [0.5, 0.6) is 0 Å². The number of carbonyl (C=O) groups is 1. The van der Waals surface area contributed by atoms with E-state index in [4.69, 9.17) is 19.6 Å². The van der Waals surface area contributed by atoms with Crippen molar-refractivity contribution in [1.82, 2.24) is 0 Å². The normalized spacial score (nSPS) is 12.2. The first-order chi connectivity index (χ1) is 13.3. The van der Waals surface area contributed by atoms with Crippen LogP contribution in [0.15, 0.2) is 65.7 Å². The lowest BCUT2D eigenvalue weighted by Crippen LogP contribution is -2.23. The Kier molecular flexibility index (Phi) is 9.81. The largest absolute Gasteiger partial charge is 0.459 e. The summed E-state index contributed by atoms with van der Waals surface area (Å²) in [5.41, 5.74) is 1.90. The van der Waals surface area contributed by atoms with Crippen LogP contribution < -0.4 is 0 Å². The van der Waals surface area contributed by atoms with E-state index in [1.165, 1.54) is 0 Å². The zero-order valence-electron chi connectivity index (χ0n) is 15.5. The second-order valence-corrected chi connectivity index (χ2v) is 5.78. The van der Waals surface area contributed by atoms with E-state index >= 15 is 0 Å². The molecule has 0 aromatic heterocycles. The molecule has 27 heavy (non-hydrogen) atoms. The Morgan fingerprint density at radius 2 is 1.59 bits per heavy atom. The van der Waals surface area contributed by atoms with Crippen LogP contribution >= 0.6 is 0 Å². The zero-order valence-corrected chi connectivity index (χ0v) is 15.5. The molecule has 0 spiro atoms. The average Bonchev–Trinajstić information content (AvgIpc) is 2.72. The lowest BCUT2D eigenvalue weighted by Gasteiger charge is -2.12. The predicted octanol–water partition coefficient (Wildman–Crippen LogP) is 4.05. The molecule has 0 saturated heterocycles. The number of benzene rings is 2. The highest BCUT2D eigenvalue weighted by Crippen LogP contribution is 2.07. The summed E-state index contributed by atoms with van der Waals surface area (Å²) < 4.78 is 5.34. The molecule has 0 radical (unpaired) electrons. The molecule has 144 valence electrons. The summed E-state index contributed by atoms with van der Waals surface area (Å²) in [5, 5.41) is 4.70. The van der Waals surface area contributed by atoms with Crippen molar-refractivity contribution in [3.05, 3.63) is 71.8 Å². The first-order valence-corrected chi connectivity index (χ1v) is 8.96. The number of hydrogen-bond donors (Lipinski definition) is 0. The lowest BCUT2D eigenvalue weighted by molar-refractivity contribution is -0.518. The van der Waals surface area contributed by atoms with E-state index in [1.54, 1.807) is 6.21 Å². The van der Waals surface area contributed by atoms with E-state index < -0.39 is 12.0 Å². The van der Waals surface area contributed by atoms with Crippen LogP contribution in [-0.2, 0) is 37.6 Å². The third-order valence-corrected chi connectivity index (χ3v) is 3.60. The Morgan fingerprint density at radius 1 is 0.963 bits per heavy atom. The molecule has 1 atom stereocenters. The van der Waals surface area contributed by atoms with Gasteiger partial charge in [-0.25, -0.2) is 14.6 Å². The second-order valence-electron chi connectivity index (χ2n) is 5.78. The standard InChI is InChI=1S/C21H25NO5/c1-2-14-22-20(21(23)24-16-18-9-5-3-6-10-18)13-15-25-27-26-17-19-11-7-4-8-12-19/h3-12,14,20H,2,13,15-17H2,1H3/t20-/m0/s1. The van der Waals surface area contributed by atoms with Crippen LogP contribution in [0.1, 0.15) is 30.9 Å². The van der Waals surface area contributed by atoms with E-state index in [-0.39, 0.29) is 19.8 Å². The van der Waals surface area contributed by atoms with Crippen molar-refractivity contribution in [2.24, 2.45) is 4.99 Å². The number of ether oxygens (including phenoxy) is 1. The molecule has 6 heteroatoms. The highest BCUT2D eigenvalue weighted by atomic mass is 17.5. The van der Waals surface area contributed by atoms with Crippen LogP contribution in [-0.4, -0.2) is 24.8 Å². The van der Waals surface area contributed by atoms with E-state index in [9.17, 15) is 4.79 Å². The molecule has 2 rings (SSSR count). The Bertz CT molecular complexity index is 675. The minimum atomic E-state index is -0.633. The molecule has 0 unspecified atom stereocenters. The van der Waals surface area contributed by atoms with Crippen molar-refractivity contribution in [3.63, 3.8) is 0 Å². The molecule has 0 aliphatic heterocycles. The van der Waals surface area contributed by atoms with Crippen molar-refractivity contribution < 1.29 is 24.3 Å². The van der Waals surface area contributed by atoms with Gasteiger partial charge in [0.1, 0.15) is 19.3 Å². The molecule has 0 bridgehead atoms. The smallest absolute Gasteiger partial charge is 0.331 e. The number of hydrogen-bond acceptors (Lipinski definition) is 6. The van der Waals surface area contributed by atoms with Gasteiger partial charge < -0.3 is 4.74 Å². The maximum Gasteiger partial charge on any atom is 0.331 e. The minimum absolute atomic E-state index is 0.154. The summed E-state index contributed by atoms with van der Waals surface area (Å²) in [6, 6.07) is 18.5. The molecular weight excluding hydrogens is 346 g/mol. The number of rotatable bonds is 12. The molecule has 2 aromatic carbocycles. The molecule has 0 amide bonds. The van der Waals surface area contributed by atoms with Gasteiger partial charge in [0.05, 0.1) is 6.61 Å². The highest BCUT2D eigenvalue weighted by Gasteiger charge is 2.18. The SMILES string of the molecule is CCC=N[C@@H](CCOOOCc1ccccc1)C(=O)OCc1ccccc1. The van der Waals surface area contributed by atoms with Gasteiger partial charge in [-0.05, 0) is 23.8 Å². The van der Waals surface area contributed by atoms with Gasteiger partial charge in [-0.15, -0.1) is 0 Å².